The van der Waals surface area contributed by atoms with Crippen LogP contribution in [0.2, 0.25) is 0 Å². The first kappa shape index (κ1) is 16.2. The summed E-state index contributed by atoms with van der Waals surface area (Å²) in [4.78, 5) is 1.88. The Labute approximate surface area is 127 Å². The zero-order valence-corrected chi connectivity index (χ0v) is 13.3. The van der Waals surface area contributed by atoms with Gasteiger partial charge in [-0.15, -0.1) is 0 Å². The fourth-order valence-corrected chi connectivity index (χ4v) is 3.41. The average Bonchev–Trinajstić information content (AvgIpc) is 2.84. The first-order chi connectivity index (χ1) is 9.97. The molecule has 3 nitrogen and oxygen atoms in total. The first-order valence-electron chi connectivity index (χ1n) is 7.92. The SMILES string of the molecule is CCNC(C)c1cccc(F)c1N(C)CC1(O)CCCC1. The highest BCUT2D eigenvalue weighted by Crippen LogP contribution is 2.34. The Kier molecular flexibility index (Phi) is 5.22. The lowest BCUT2D eigenvalue weighted by Gasteiger charge is -2.32. The first-order valence-corrected chi connectivity index (χ1v) is 7.92. The minimum atomic E-state index is -0.671. The van der Waals surface area contributed by atoms with Crippen LogP contribution in [-0.2, 0) is 0 Å². The van der Waals surface area contributed by atoms with Crippen molar-refractivity contribution in [3.8, 4) is 0 Å². The predicted molar refractivity (Wildman–Crippen MR) is 85.2 cm³/mol. The Balaban J connectivity index is 2.24. The summed E-state index contributed by atoms with van der Waals surface area (Å²) in [5.41, 5.74) is 0.877. The smallest absolute Gasteiger partial charge is 0.146 e. The number of halogens is 1. The largest absolute Gasteiger partial charge is 0.388 e. The molecule has 0 radical (unpaired) electrons. The predicted octanol–water partition coefficient (Wildman–Crippen LogP) is 3.24. The fourth-order valence-electron chi connectivity index (χ4n) is 3.41. The molecular formula is C17H27FN2O. The minimum absolute atomic E-state index is 0.0846. The summed E-state index contributed by atoms with van der Waals surface area (Å²) in [6.45, 7) is 5.41. The van der Waals surface area contributed by atoms with Gasteiger partial charge >= 0.3 is 0 Å². The van der Waals surface area contributed by atoms with Crippen molar-refractivity contribution in [3.63, 3.8) is 0 Å². The third-order valence-electron chi connectivity index (χ3n) is 4.44. The van der Waals surface area contributed by atoms with E-state index in [2.05, 4.69) is 5.32 Å². The molecule has 0 amide bonds. The number of nitrogens with zero attached hydrogens (tertiary/aromatic N) is 1. The molecule has 0 spiro atoms. The molecule has 2 N–H and O–H groups in total. The molecule has 1 aromatic carbocycles. The second-order valence-electron chi connectivity index (χ2n) is 6.24. The maximum absolute atomic E-state index is 14.3. The summed E-state index contributed by atoms with van der Waals surface area (Å²) in [7, 11) is 1.87. The van der Waals surface area contributed by atoms with Gasteiger partial charge in [0.05, 0.1) is 11.3 Å². The van der Waals surface area contributed by atoms with Crippen molar-refractivity contribution in [1.29, 1.82) is 0 Å². The normalized spacial score (nSPS) is 18.7. The maximum Gasteiger partial charge on any atom is 0.146 e. The summed E-state index contributed by atoms with van der Waals surface area (Å²) >= 11 is 0. The van der Waals surface area contributed by atoms with Gasteiger partial charge in [0.2, 0.25) is 0 Å². The van der Waals surface area contributed by atoms with E-state index in [0.717, 1.165) is 37.8 Å². The van der Waals surface area contributed by atoms with Crippen molar-refractivity contribution in [3.05, 3.63) is 29.6 Å². The number of anilines is 1. The van der Waals surface area contributed by atoms with E-state index < -0.39 is 5.60 Å². The number of benzene rings is 1. The van der Waals surface area contributed by atoms with Crippen LogP contribution in [0.5, 0.6) is 0 Å². The molecule has 1 aliphatic rings. The van der Waals surface area contributed by atoms with Crippen LogP contribution < -0.4 is 10.2 Å². The van der Waals surface area contributed by atoms with Crippen LogP contribution in [0.15, 0.2) is 18.2 Å². The number of hydrogen-bond donors (Lipinski definition) is 2. The second kappa shape index (κ2) is 6.75. The van der Waals surface area contributed by atoms with Gasteiger partial charge in [-0.3, -0.25) is 0 Å². The Morgan fingerprint density at radius 3 is 2.67 bits per heavy atom. The van der Waals surface area contributed by atoms with Gasteiger partial charge in [0.25, 0.3) is 0 Å². The fraction of sp³-hybridized carbons (Fsp3) is 0.647. The zero-order chi connectivity index (χ0) is 15.5. The summed E-state index contributed by atoms with van der Waals surface area (Å²) in [5.74, 6) is -0.221. The van der Waals surface area contributed by atoms with E-state index in [9.17, 15) is 9.50 Å². The summed E-state index contributed by atoms with van der Waals surface area (Å²) in [5, 5.41) is 13.9. The van der Waals surface area contributed by atoms with E-state index in [0.29, 0.717) is 12.2 Å². The lowest BCUT2D eigenvalue weighted by Crippen LogP contribution is -2.40. The van der Waals surface area contributed by atoms with Gasteiger partial charge < -0.3 is 15.3 Å². The van der Waals surface area contributed by atoms with Crippen molar-refractivity contribution in [2.45, 2.75) is 51.2 Å². The number of rotatable bonds is 6. The molecule has 21 heavy (non-hydrogen) atoms. The molecule has 4 heteroatoms. The third-order valence-corrected chi connectivity index (χ3v) is 4.44. The summed E-state index contributed by atoms with van der Waals surface area (Å²) in [6, 6.07) is 5.29. The van der Waals surface area contributed by atoms with Crippen molar-refractivity contribution in [1.82, 2.24) is 5.32 Å². The van der Waals surface area contributed by atoms with Gasteiger partial charge in [-0.05, 0) is 37.9 Å². The van der Waals surface area contributed by atoms with E-state index in [4.69, 9.17) is 0 Å². The van der Waals surface area contributed by atoms with E-state index in [1.54, 1.807) is 6.07 Å². The molecule has 0 aromatic heterocycles. The van der Waals surface area contributed by atoms with Crippen LogP contribution in [-0.4, -0.2) is 30.8 Å². The molecular weight excluding hydrogens is 267 g/mol. The highest BCUT2D eigenvalue weighted by Gasteiger charge is 2.33. The van der Waals surface area contributed by atoms with E-state index in [1.165, 1.54) is 6.07 Å². The van der Waals surface area contributed by atoms with Gasteiger partial charge in [-0.1, -0.05) is 31.9 Å². The highest BCUT2D eigenvalue weighted by atomic mass is 19.1. The van der Waals surface area contributed by atoms with E-state index in [1.807, 2.05) is 31.9 Å². The Hall–Kier alpha value is -1.13. The lowest BCUT2D eigenvalue weighted by atomic mass is 9.99. The molecule has 118 valence electrons. The number of para-hydroxylation sites is 1. The summed E-state index contributed by atoms with van der Waals surface area (Å²) in [6.07, 6.45) is 3.73. The quantitative estimate of drug-likeness (QED) is 0.845. The van der Waals surface area contributed by atoms with E-state index in [-0.39, 0.29) is 11.9 Å². The van der Waals surface area contributed by atoms with E-state index >= 15 is 0 Å². The van der Waals surface area contributed by atoms with Crippen LogP contribution in [0, 0.1) is 5.82 Å². The molecule has 0 aliphatic heterocycles. The van der Waals surface area contributed by atoms with Crippen LogP contribution in [0.4, 0.5) is 10.1 Å². The van der Waals surface area contributed by atoms with Gasteiger partial charge in [0, 0.05) is 19.6 Å². The van der Waals surface area contributed by atoms with Crippen LogP contribution in [0.3, 0.4) is 0 Å². The molecule has 1 unspecified atom stereocenters. The molecule has 2 rings (SSSR count). The summed E-state index contributed by atoms with van der Waals surface area (Å²) < 4.78 is 14.3. The molecule has 1 aromatic rings. The zero-order valence-electron chi connectivity index (χ0n) is 13.3. The molecule has 0 heterocycles. The standard InChI is InChI=1S/C17H27FN2O/c1-4-19-13(2)14-8-7-9-15(18)16(14)20(3)12-17(21)10-5-6-11-17/h7-9,13,19,21H,4-6,10-12H2,1-3H3. The number of aliphatic hydroxyl groups is 1. The van der Waals surface area contributed by atoms with Crippen LogP contribution in [0.1, 0.15) is 51.1 Å². The Morgan fingerprint density at radius 2 is 2.05 bits per heavy atom. The average molecular weight is 294 g/mol. The second-order valence-corrected chi connectivity index (χ2v) is 6.24. The van der Waals surface area contributed by atoms with Crippen molar-refractivity contribution < 1.29 is 9.50 Å². The molecule has 1 aliphatic carbocycles. The van der Waals surface area contributed by atoms with Crippen molar-refractivity contribution >= 4 is 5.69 Å². The Bertz CT molecular complexity index is 472. The maximum atomic E-state index is 14.3. The van der Waals surface area contributed by atoms with Gasteiger partial charge in [0.15, 0.2) is 0 Å². The molecule has 1 fully saturated rings. The molecule has 0 bridgehead atoms. The minimum Gasteiger partial charge on any atom is -0.388 e. The van der Waals surface area contributed by atoms with Crippen molar-refractivity contribution in [2.24, 2.45) is 0 Å². The molecule has 0 saturated heterocycles. The highest BCUT2D eigenvalue weighted by molar-refractivity contribution is 5.56. The van der Waals surface area contributed by atoms with Gasteiger partial charge in [-0.25, -0.2) is 4.39 Å². The topological polar surface area (TPSA) is 35.5 Å². The number of likely N-dealkylation sites (N-methyl/N-ethyl adjacent to an activating group) is 1. The molecule has 1 saturated carbocycles. The van der Waals surface area contributed by atoms with Crippen molar-refractivity contribution in [2.75, 3.05) is 25.0 Å². The van der Waals surface area contributed by atoms with Crippen LogP contribution in [0.25, 0.3) is 0 Å². The third kappa shape index (κ3) is 3.74. The monoisotopic (exact) mass is 294 g/mol. The molecule has 1 atom stereocenters. The van der Waals surface area contributed by atoms with Crippen LogP contribution >= 0.6 is 0 Å². The van der Waals surface area contributed by atoms with Gasteiger partial charge in [-0.2, -0.15) is 0 Å². The number of nitrogens with one attached hydrogen (secondary N) is 1. The lowest BCUT2D eigenvalue weighted by molar-refractivity contribution is 0.0558. The number of hydrogen-bond acceptors (Lipinski definition) is 3. The Morgan fingerprint density at radius 1 is 1.38 bits per heavy atom. The van der Waals surface area contributed by atoms with Gasteiger partial charge in [0.1, 0.15) is 5.82 Å².